The molecule has 2 aromatic carbocycles. The average molecular weight is 316 g/mol. The molecule has 0 aliphatic heterocycles. The number of aromatic nitrogens is 2. The van der Waals surface area contributed by atoms with E-state index in [2.05, 4.69) is 16.8 Å². The molecule has 4 rings (SSSR count). The van der Waals surface area contributed by atoms with Crippen LogP contribution in [0.5, 0.6) is 0 Å². The third-order valence-corrected chi connectivity index (χ3v) is 4.38. The van der Waals surface area contributed by atoms with Crippen molar-refractivity contribution in [1.82, 2.24) is 9.55 Å². The lowest BCUT2D eigenvalue weighted by atomic mass is 10.1. The lowest BCUT2D eigenvalue weighted by Crippen LogP contribution is -2.29. The van der Waals surface area contributed by atoms with Crippen LogP contribution in [0, 0.1) is 11.8 Å². The van der Waals surface area contributed by atoms with E-state index in [4.69, 9.17) is 0 Å². The molecule has 0 saturated heterocycles. The Balaban J connectivity index is 2.11. The predicted octanol–water partition coefficient (Wildman–Crippen LogP) is 2.93. The Morgan fingerprint density at radius 1 is 1.12 bits per heavy atom. The maximum atomic E-state index is 12.6. The van der Waals surface area contributed by atoms with Crippen molar-refractivity contribution < 1.29 is 0 Å². The summed E-state index contributed by atoms with van der Waals surface area (Å²) in [6.07, 6.45) is 2.33. The Bertz CT molecular complexity index is 1120. The molecule has 4 heteroatoms. The molecule has 4 nitrogen and oxygen atoms in total. The molecule has 24 heavy (non-hydrogen) atoms. The minimum Gasteiger partial charge on any atom is -0.273 e. The van der Waals surface area contributed by atoms with Crippen LogP contribution in [0.1, 0.15) is 36.8 Å². The van der Waals surface area contributed by atoms with Crippen LogP contribution >= 0.6 is 0 Å². The molecule has 1 fully saturated rings. The first kappa shape index (κ1) is 14.5. The lowest BCUT2D eigenvalue weighted by molar-refractivity contribution is 0.937. The molecule has 1 saturated carbocycles. The summed E-state index contributed by atoms with van der Waals surface area (Å²) in [5.74, 6) is 6.45. The van der Waals surface area contributed by atoms with Gasteiger partial charge in [0.1, 0.15) is 0 Å². The zero-order valence-corrected chi connectivity index (χ0v) is 13.3. The molecule has 0 bridgehead atoms. The van der Waals surface area contributed by atoms with Gasteiger partial charge in [-0.2, -0.15) is 0 Å². The van der Waals surface area contributed by atoms with Gasteiger partial charge in [0, 0.05) is 5.56 Å². The van der Waals surface area contributed by atoms with Gasteiger partial charge < -0.3 is 0 Å². The largest absolute Gasteiger partial charge is 0.333 e. The second-order valence-corrected chi connectivity index (χ2v) is 6.04. The fourth-order valence-electron chi connectivity index (χ4n) is 3.07. The fraction of sp³-hybridized carbons (Fsp3) is 0.200. The quantitative estimate of drug-likeness (QED) is 0.739. The molecular formula is C20H16N2O2. The van der Waals surface area contributed by atoms with Gasteiger partial charge in [0.25, 0.3) is 5.56 Å². The van der Waals surface area contributed by atoms with Crippen molar-refractivity contribution in [2.45, 2.75) is 25.7 Å². The van der Waals surface area contributed by atoms with Gasteiger partial charge in [-0.3, -0.25) is 14.3 Å². The standard InChI is InChI=1S/C20H16N2O2/c1-2-5-14-6-3-4-7-17(14)22-18-12-15(13-8-9-13)10-11-16(18)19(23)21-20(22)24/h3-4,6-7,10-13H,8-9H2,1H3,(H,21,23,24). The van der Waals surface area contributed by atoms with Gasteiger partial charge in [0.15, 0.2) is 0 Å². The molecule has 1 aliphatic rings. The Hall–Kier alpha value is -3.06. The number of H-pyrrole nitrogens is 1. The third kappa shape index (κ3) is 2.35. The molecule has 0 radical (unpaired) electrons. The highest BCUT2D eigenvalue weighted by molar-refractivity contribution is 5.81. The molecule has 1 heterocycles. The van der Waals surface area contributed by atoms with Gasteiger partial charge >= 0.3 is 5.69 Å². The third-order valence-electron chi connectivity index (χ3n) is 4.38. The van der Waals surface area contributed by atoms with E-state index in [0.29, 0.717) is 22.5 Å². The molecule has 1 aromatic heterocycles. The number of hydrogen-bond donors (Lipinski definition) is 1. The van der Waals surface area contributed by atoms with Gasteiger partial charge in [-0.25, -0.2) is 4.79 Å². The van der Waals surface area contributed by atoms with Gasteiger partial charge in [0.2, 0.25) is 0 Å². The Morgan fingerprint density at radius 2 is 1.92 bits per heavy atom. The molecule has 0 unspecified atom stereocenters. The number of nitrogens with zero attached hydrogens (tertiary/aromatic N) is 1. The van der Waals surface area contributed by atoms with Crippen LogP contribution in [-0.4, -0.2) is 9.55 Å². The number of benzene rings is 2. The minimum absolute atomic E-state index is 0.354. The van der Waals surface area contributed by atoms with E-state index in [9.17, 15) is 9.59 Å². The Labute approximate surface area is 138 Å². The van der Waals surface area contributed by atoms with Crippen molar-refractivity contribution >= 4 is 10.9 Å². The normalized spacial score (nSPS) is 13.5. The summed E-state index contributed by atoms with van der Waals surface area (Å²) < 4.78 is 1.56. The first-order valence-corrected chi connectivity index (χ1v) is 8.00. The highest BCUT2D eigenvalue weighted by Crippen LogP contribution is 2.40. The molecule has 0 amide bonds. The summed E-state index contributed by atoms with van der Waals surface area (Å²) in [5, 5.41) is 0.512. The smallest absolute Gasteiger partial charge is 0.273 e. The van der Waals surface area contributed by atoms with E-state index in [1.807, 2.05) is 42.5 Å². The number of nitrogens with one attached hydrogen (secondary N) is 1. The zero-order chi connectivity index (χ0) is 16.7. The number of rotatable bonds is 2. The van der Waals surface area contributed by atoms with Crippen molar-refractivity contribution in [1.29, 1.82) is 0 Å². The molecule has 1 aliphatic carbocycles. The average Bonchev–Trinajstić information content (AvgIpc) is 3.41. The maximum Gasteiger partial charge on any atom is 0.333 e. The molecule has 1 N–H and O–H groups in total. The summed E-state index contributed by atoms with van der Waals surface area (Å²) in [6.45, 7) is 1.76. The molecule has 0 spiro atoms. The number of fused-ring (bicyclic) bond motifs is 1. The van der Waals surface area contributed by atoms with E-state index in [-0.39, 0.29) is 5.56 Å². The molecule has 0 atom stereocenters. The summed E-state index contributed by atoms with van der Waals surface area (Å²) in [4.78, 5) is 27.2. The Kier molecular flexibility index (Phi) is 3.35. The molecule has 3 aromatic rings. The van der Waals surface area contributed by atoms with Crippen molar-refractivity contribution in [2.75, 3.05) is 0 Å². The highest BCUT2D eigenvalue weighted by atomic mass is 16.2. The van der Waals surface area contributed by atoms with Crippen LogP contribution < -0.4 is 11.2 Å². The van der Waals surface area contributed by atoms with Crippen molar-refractivity contribution in [2.24, 2.45) is 0 Å². The first-order chi connectivity index (χ1) is 11.7. The molecular weight excluding hydrogens is 300 g/mol. The van der Waals surface area contributed by atoms with Gasteiger partial charge in [0.05, 0.1) is 16.6 Å². The molecule has 118 valence electrons. The predicted molar refractivity (Wildman–Crippen MR) is 94.7 cm³/mol. The second kappa shape index (κ2) is 5.54. The fourth-order valence-corrected chi connectivity index (χ4v) is 3.07. The van der Waals surface area contributed by atoms with Gasteiger partial charge in [-0.15, -0.1) is 5.92 Å². The van der Waals surface area contributed by atoms with E-state index in [1.165, 1.54) is 5.56 Å². The van der Waals surface area contributed by atoms with Gasteiger partial charge in [-0.1, -0.05) is 24.1 Å². The van der Waals surface area contributed by atoms with Crippen LogP contribution in [0.3, 0.4) is 0 Å². The number of para-hydroxylation sites is 1. The van der Waals surface area contributed by atoms with E-state index in [1.54, 1.807) is 11.5 Å². The van der Waals surface area contributed by atoms with Crippen LogP contribution in [0.2, 0.25) is 0 Å². The summed E-state index contributed by atoms with van der Waals surface area (Å²) in [5.41, 5.74) is 2.47. The highest BCUT2D eigenvalue weighted by Gasteiger charge is 2.24. The van der Waals surface area contributed by atoms with Crippen molar-refractivity contribution in [3.8, 4) is 17.5 Å². The lowest BCUT2D eigenvalue weighted by Gasteiger charge is -2.12. The summed E-state index contributed by atoms with van der Waals surface area (Å²) in [7, 11) is 0. The zero-order valence-electron chi connectivity index (χ0n) is 13.3. The second-order valence-electron chi connectivity index (χ2n) is 6.04. The van der Waals surface area contributed by atoms with Gasteiger partial charge in [-0.05, 0) is 55.5 Å². The van der Waals surface area contributed by atoms with Crippen LogP contribution in [0.15, 0.2) is 52.1 Å². The first-order valence-electron chi connectivity index (χ1n) is 8.00. The summed E-state index contributed by atoms with van der Waals surface area (Å²) in [6, 6.07) is 13.2. The van der Waals surface area contributed by atoms with E-state index in [0.717, 1.165) is 18.4 Å². The SMILES string of the molecule is CC#Cc1ccccc1-n1c(=O)[nH]c(=O)c2ccc(C3CC3)cc21. The maximum absolute atomic E-state index is 12.6. The Morgan fingerprint density at radius 3 is 2.67 bits per heavy atom. The number of hydrogen-bond acceptors (Lipinski definition) is 2. The monoisotopic (exact) mass is 316 g/mol. The summed E-state index contributed by atoms with van der Waals surface area (Å²) >= 11 is 0. The van der Waals surface area contributed by atoms with Crippen LogP contribution in [0.25, 0.3) is 16.6 Å². The van der Waals surface area contributed by atoms with Crippen molar-refractivity contribution in [3.63, 3.8) is 0 Å². The van der Waals surface area contributed by atoms with E-state index < -0.39 is 5.69 Å². The number of aromatic amines is 1. The van der Waals surface area contributed by atoms with Crippen LogP contribution in [0.4, 0.5) is 0 Å². The van der Waals surface area contributed by atoms with Crippen molar-refractivity contribution in [3.05, 3.63) is 74.4 Å². The van der Waals surface area contributed by atoms with E-state index >= 15 is 0 Å². The van der Waals surface area contributed by atoms with Crippen LogP contribution in [-0.2, 0) is 0 Å². The minimum atomic E-state index is -0.439. The topological polar surface area (TPSA) is 54.9 Å².